The van der Waals surface area contributed by atoms with Crippen molar-refractivity contribution in [1.29, 1.82) is 0 Å². The van der Waals surface area contributed by atoms with E-state index >= 15 is 0 Å². The number of thiazole rings is 1. The zero-order valence-corrected chi connectivity index (χ0v) is 15.6. The van der Waals surface area contributed by atoms with E-state index in [9.17, 15) is 5.11 Å². The topological polar surface area (TPSA) is 45.6 Å². The van der Waals surface area contributed by atoms with E-state index in [1.165, 1.54) is 5.56 Å². The zero-order valence-electron chi connectivity index (χ0n) is 14.8. The van der Waals surface area contributed by atoms with Crippen molar-refractivity contribution >= 4 is 16.5 Å². The molecule has 1 atom stereocenters. The number of aromatic nitrogens is 1. The lowest BCUT2D eigenvalue weighted by atomic mass is 10.0. The quantitative estimate of drug-likeness (QED) is 0.912. The number of nitrogens with zero attached hydrogens (tertiary/aromatic N) is 2. The third-order valence-electron chi connectivity index (χ3n) is 4.49. The van der Waals surface area contributed by atoms with Gasteiger partial charge >= 0.3 is 0 Å². The van der Waals surface area contributed by atoms with Gasteiger partial charge in [-0.1, -0.05) is 38.1 Å². The monoisotopic (exact) mass is 346 g/mol. The Kier molecular flexibility index (Phi) is 4.95. The van der Waals surface area contributed by atoms with Gasteiger partial charge in [0.25, 0.3) is 0 Å². The van der Waals surface area contributed by atoms with E-state index < -0.39 is 5.60 Å². The van der Waals surface area contributed by atoms with Gasteiger partial charge in [-0.3, -0.25) is 0 Å². The van der Waals surface area contributed by atoms with Gasteiger partial charge in [-0.15, -0.1) is 11.3 Å². The van der Waals surface area contributed by atoms with Gasteiger partial charge in [0, 0.05) is 24.0 Å². The second-order valence-corrected chi connectivity index (χ2v) is 8.09. The Morgan fingerprint density at radius 2 is 2.00 bits per heavy atom. The van der Waals surface area contributed by atoms with Crippen LogP contribution in [0.25, 0.3) is 11.3 Å². The van der Waals surface area contributed by atoms with E-state index in [0.717, 1.165) is 22.9 Å². The summed E-state index contributed by atoms with van der Waals surface area (Å²) >= 11 is 1.65. The van der Waals surface area contributed by atoms with E-state index in [1.807, 2.05) is 0 Å². The molecule has 1 N–H and O–H groups in total. The van der Waals surface area contributed by atoms with E-state index in [2.05, 4.69) is 48.4 Å². The molecule has 0 saturated carbocycles. The first-order chi connectivity index (χ1) is 11.3. The second-order valence-electron chi connectivity index (χ2n) is 7.25. The highest BCUT2D eigenvalue weighted by molar-refractivity contribution is 7.14. The summed E-state index contributed by atoms with van der Waals surface area (Å²) in [6.45, 7) is 10.1. The lowest BCUT2D eigenvalue weighted by molar-refractivity contribution is -0.0927. The van der Waals surface area contributed by atoms with Crippen LogP contribution in [-0.4, -0.2) is 41.5 Å². The predicted octanol–water partition coefficient (Wildman–Crippen LogP) is 3.91. The Balaban J connectivity index is 1.75. The van der Waals surface area contributed by atoms with Gasteiger partial charge in [0.2, 0.25) is 0 Å². The molecule has 1 aromatic heterocycles. The maximum atomic E-state index is 10.2. The molecule has 130 valence electrons. The third kappa shape index (κ3) is 3.79. The number of hydrogen-bond acceptors (Lipinski definition) is 5. The van der Waals surface area contributed by atoms with Crippen molar-refractivity contribution in [3.63, 3.8) is 0 Å². The second kappa shape index (κ2) is 6.82. The normalized spacial score (nSPS) is 19.1. The highest BCUT2D eigenvalue weighted by Gasteiger charge is 2.33. The smallest absolute Gasteiger partial charge is 0.186 e. The van der Waals surface area contributed by atoms with Gasteiger partial charge in [-0.05, 0) is 25.3 Å². The molecule has 1 aliphatic rings. The molecule has 0 spiro atoms. The molecule has 24 heavy (non-hydrogen) atoms. The number of anilines is 1. The van der Waals surface area contributed by atoms with Crippen molar-refractivity contribution in [1.82, 2.24) is 4.98 Å². The first-order valence-electron chi connectivity index (χ1n) is 8.49. The van der Waals surface area contributed by atoms with Crippen LogP contribution >= 0.6 is 11.3 Å². The average Bonchev–Trinajstić information content (AvgIpc) is 3.04. The van der Waals surface area contributed by atoms with Crippen molar-refractivity contribution in [2.24, 2.45) is 0 Å². The molecule has 0 radical (unpaired) electrons. The molecule has 5 heteroatoms. The highest BCUT2D eigenvalue weighted by Crippen LogP contribution is 2.30. The van der Waals surface area contributed by atoms with Crippen LogP contribution in [0.5, 0.6) is 0 Å². The standard InChI is InChI=1S/C19H26N2O2S/c1-13(2)14-5-7-15(8-6-14)16-12-24-18(20-16)21-9-10-23-17(11-21)19(3,4)22/h5-8,12-13,17,22H,9-11H2,1-4H3. The molecule has 1 fully saturated rings. The van der Waals surface area contributed by atoms with Crippen molar-refractivity contribution in [2.75, 3.05) is 24.6 Å². The van der Waals surface area contributed by atoms with Gasteiger partial charge in [0.1, 0.15) is 6.10 Å². The number of aliphatic hydroxyl groups is 1. The number of hydrogen-bond donors (Lipinski definition) is 1. The van der Waals surface area contributed by atoms with Crippen LogP contribution in [0.2, 0.25) is 0 Å². The lowest BCUT2D eigenvalue weighted by Gasteiger charge is -2.38. The van der Waals surface area contributed by atoms with Gasteiger partial charge in [-0.25, -0.2) is 4.98 Å². The number of rotatable bonds is 4. The molecule has 0 aliphatic carbocycles. The van der Waals surface area contributed by atoms with Crippen molar-refractivity contribution < 1.29 is 9.84 Å². The van der Waals surface area contributed by atoms with Crippen LogP contribution in [0, 0.1) is 0 Å². The molecule has 1 aromatic carbocycles. The van der Waals surface area contributed by atoms with Crippen molar-refractivity contribution in [3.8, 4) is 11.3 Å². The van der Waals surface area contributed by atoms with Crippen LogP contribution in [0.3, 0.4) is 0 Å². The summed E-state index contributed by atoms with van der Waals surface area (Å²) < 4.78 is 5.71. The molecule has 1 aliphatic heterocycles. The van der Waals surface area contributed by atoms with Crippen LogP contribution < -0.4 is 4.90 Å². The molecular formula is C19H26N2O2S. The van der Waals surface area contributed by atoms with E-state index in [0.29, 0.717) is 19.1 Å². The fourth-order valence-corrected chi connectivity index (χ4v) is 3.70. The van der Waals surface area contributed by atoms with Gasteiger partial charge < -0.3 is 14.7 Å². The van der Waals surface area contributed by atoms with E-state index in [1.54, 1.807) is 25.2 Å². The Labute approximate surface area is 148 Å². The highest BCUT2D eigenvalue weighted by atomic mass is 32.1. The Morgan fingerprint density at radius 3 is 2.62 bits per heavy atom. The largest absolute Gasteiger partial charge is 0.388 e. The van der Waals surface area contributed by atoms with Crippen LogP contribution in [0.4, 0.5) is 5.13 Å². The minimum Gasteiger partial charge on any atom is -0.388 e. The van der Waals surface area contributed by atoms with Gasteiger partial charge in [0.05, 0.1) is 17.9 Å². The third-order valence-corrected chi connectivity index (χ3v) is 5.39. The zero-order chi connectivity index (χ0) is 17.3. The molecule has 2 aromatic rings. The summed E-state index contributed by atoms with van der Waals surface area (Å²) in [6.07, 6.45) is -0.191. The fourth-order valence-electron chi connectivity index (χ4n) is 2.83. The van der Waals surface area contributed by atoms with Crippen LogP contribution in [0.1, 0.15) is 39.2 Å². The molecule has 0 bridgehead atoms. The number of ether oxygens (including phenoxy) is 1. The first kappa shape index (κ1) is 17.4. The summed E-state index contributed by atoms with van der Waals surface area (Å²) in [4.78, 5) is 7.01. The summed E-state index contributed by atoms with van der Waals surface area (Å²) in [7, 11) is 0. The predicted molar refractivity (Wildman–Crippen MR) is 99.9 cm³/mol. The Morgan fingerprint density at radius 1 is 1.29 bits per heavy atom. The maximum absolute atomic E-state index is 10.2. The van der Waals surface area contributed by atoms with E-state index in [4.69, 9.17) is 9.72 Å². The Bertz CT molecular complexity index is 673. The summed E-state index contributed by atoms with van der Waals surface area (Å²) in [6, 6.07) is 8.65. The van der Waals surface area contributed by atoms with Crippen LogP contribution in [0.15, 0.2) is 29.6 Å². The summed E-state index contributed by atoms with van der Waals surface area (Å²) in [5.41, 5.74) is 2.66. The van der Waals surface area contributed by atoms with Crippen molar-refractivity contribution in [3.05, 3.63) is 35.2 Å². The summed E-state index contributed by atoms with van der Waals surface area (Å²) in [5, 5.41) is 13.3. The lowest BCUT2D eigenvalue weighted by Crippen LogP contribution is -2.52. The van der Waals surface area contributed by atoms with Crippen molar-refractivity contribution in [2.45, 2.75) is 45.3 Å². The first-order valence-corrected chi connectivity index (χ1v) is 9.37. The molecule has 0 amide bonds. The Hall–Kier alpha value is -1.43. The maximum Gasteiger partial charge on any atom is 0.186 e. The molecule has 1 saturated heterocycles. The molecular weight excluding hydrogens is 320 g/mol. The SMILES string of the molecule is CC(C)c1ccc(-c2csc(N3CCOC(C(C)(C)O)C3)n2)cc1. The minimum atomic E-state index is -0.842. The fraction of sp³-hybridized carbons (Fsp3) is 0.526. The van der Waals surface area contributed by atoms with Gasteiger partial charge in [-0.2, -0.15) is 0 Å². The average molecular weight is 346 g/mol. The number of benzene rings is 1. The number of morpholine rings is 1. The molecule has 2 heterocycles. The molecule has 4 nitrogen and oxygen atoms in total. The summed E-state index contributed by atoms with van der Waals surface area (Å²) in [5.74, 6) is 0.539. The van der Waals surface area contributed by atoms with E-state index in [-0.39, 0.29) is 6.10 Å². The van der Waals surface area contributed by atoms with Crippen LogP contribution in [-0.2, 0) is 4.74 Å². The van der Waals surface area contributed by atoms with Gasteiger partial charge in [0.15, 0.2) is 5.13 Å². The molecule has 1 unspecified atom stereocenters. The molecule has 3 rings (SSSR count). The minimum absolute atomic E-state index is 0.191.